The highest BCUT2D eigenvalue weighted by atomic mass is 79.9. The molecular weight excluding hydrogens is 233 g/mol. The Morgan fingerprint density at radius 1 is 1.31 bits per heavy atom. The van der Waals surface area contributed by atoms with Crippen LogP contribution in [0.15, 0.2) is 16.6 Å². The summed E-state index contributed by atoms with van der Waals surface area (Å²) in [5, 5.41) is 2.90. The van der Waals surface area contributed by atoms with E-state index in [0.717, 1.165) is 11.3 Å². The molecule has 1 nitrogen and oxygen atoms in total. The third kappa shape index (κ3) is 3.35. The number of rotatable bonds is 1. The van der Waals surface area contributed by atoms with Gasteiger partial charge in [0.25, 0.3) is 0 Å². The minimum atomic E-state index is -0.236. The second kappa shape index (κ2) is 5.97. The molecule has 0 spiro atoms. The van der Waals surface area contributed by atoms with Crippen LogP contribution in [0.2, 0.25) is 0 Å². The van der Waals surface area contributed by atoms with E-state index >= 15 is 0 Å². The van der Waals surface area contributed by atoms with Crippen molar-refractivity contribution in [2.24, 2.45) is 0 Å². The molecular formula is C10H15BrFN. The van der Waals surface area contributed by atoms with Crippen molar-refractivity contribution < 1.29 is 4.39 Å². The molecule has 3 heteroatoms. The molecule has 1 aromatic carbocycles. The van der Waals surface area contributed by atoms with Crippen LogP contribution >= 0.6 is 15.9 Å². The van der Waals surface area contributed by atoms with Crippen LogP contribution in [0, 0.1) is 12.7 Å². The first-order chi connectivity index (χ1) is 6.15. The fraction of sp³-hybridized carbons (Fsp3) is 0.400. The number of halogens is 2. The van der Waals surface area contributed by atoms with E-state index in [1.807, 2.05) is 20.8 Å². The van der Waals surface area contributed by atoms with E-state index < -0.39 is 0 Å². The van der Waals surface area contributed by atoms with Crippen molar-refractivity contribution in [2.45, 2.75) is 20.8 Å². The van der Waals surface area contributed by atoms with Crippen molar-refractivity contribution in [1.82, 2.24) is 0 Å². The van der Waals surface area contributed by atoms with E-state index in [2.05, 4.69) is 21.2 Å². The predicted octanol–water partition coefficient (Wildman–Crippen LogP) is 3.96. The first kappa shape index (κ1) is 12.4. The van der Waals surface area contributed by atoms with Gasteiger partial charge in [0.2, 0.25) is 0 Å². The second-order valence-electron chi connectivity index (χ2n) is 2.33. The van der Waals surface area contributed by atoms with E-state index in [0.29, 0.717) is 4.47 Å². The molecule has 74 valence electrons. The van der Waals surface area contributed by atoms with Crippen LogP contribution < -0.4 is 5.32 Å². The summed E-state index contributed by atoms with van der Waals surface area (Å²) in [6.07, 6.45) is 0. The molecule has 0 fully saturated rings. The Bertz CT molecular complexity index is 274. The van der Waals surface area contributed by atoms with Gasteiger partial charge in [0, 0.05) is 12.7 Å². The topological polar surface area (TPSA) is 12.0 Å². The number of nitrogens with one attached hydrogen (secondary N) is 1. The number of hydrogen-bond donors (Lipinski definition) is 1. The monoisotopic (exact) mass is 247 g/mol. The Kier molecular flexibility index (Phi) is 5.71. The predicted molar refractivity (Wildman–Crippen MR) is 59.7 cm³/mol. The summed E-state index contributed by atoms with van der Waals surface area (Å²) in [7, 11) is 1.77. The maximum atomic E-state index is 12.9. The minimum Gasteiger partial charge on any atom is -0.388 e. The smallest absolute Gasteiger partial charge is 0.139 e. The van der Waals surface area contributed by atoms with Gasteiger partial charge in [0.15, 0.2) is 0 Å². The molecule has 0 aromatic heterocycles. The molecule has 1 N–H and O–H groups in total. The molecule has 0 unspecified atom stereocenters. The van der Waals surface area contributed by atoms with Gasteiger partial charge in [-0.1, -0.05) is 13.8 Å². The van der Waals surface area contributed by atoms with Gasteiger partial charge in [0.1, 0.15) is 5.82 Å². The maximum absolute atomic E-state index is 12.9. The molecule has 0 heterocycles. The van der Waals surface area contributed by atoms with Crippen LogP contribution in [-0.4, -0.2) is 7.05 Å². The Morgan fingerprint density at radius 2 is 1.85 bits per heavy atom. The number of anilines is 1. The summed E-state index contributed by atoms with van der Waals surface area (Å²) < 4.78 is 13.4. The van der Waals surface area contributed by atoms with Crippen LogP contribution in [0.3, 0.4) is 0 Å². The van der Waals surface area contributed by atoms with E-state index in [1.54, 1.807) is 13.1 Å². The quantitative estimate of drug-likeness (QED) is 0.793. The maximum Gasteiger partial charge on any atom is 0.139 e. The largest absolute Gasteiger partial charge is 0.388 e. The van der Waals surface area contributed by atoms with Crippen molar-refractivity contribution in [3.63, 3.8) is 0 Å². The Labute approximate surface area is 87.5 Å². The summed E-state index contributed by atoms with van der Waals surface area (Å²) in [6, 6.07) is 3.22. The van der Waals surface area contributed by atoms with Crippen LogP contribution in [0.5, 0.6) is 0 Å². The number of hydrogen-bond acceptors (Lipinski definition) is 1. The van der Waals surface area contributed by atoms with Gasteiger partial charge in [0.05, 0.1) is 4.47 Å². The van der Waals surface area contributed by atoms with E-state index in [-0.39, 0.29) is 5.82 Å². The van der Waals surface area contributed by atoms with Crippen molar-refractivity contribution in [2.75, 3.05) is 12.4 Å². The molecule has 0 aliphatic rings. The minimum absolute atomic E-state index is 0.236. The molecule has 0 atom stereocenters. The van der Waals surface area contributed by atoms with Gasteiger partial charge in [-0.3, -0.25) is 0 Å². The summed E-state index contributed by atoms with van der Waals surface area (Å²) in [5.74, 6) is -0.236. The molecule has 0 radical (unpaired) electrons. The average molecular weight is 248 g/mol. The summed E-state index contributed by atoms with van der Waals surface area (Å²) in [5.41, 5.74) is 1.85. The third-order valence-electron chi connectivity index (χ3n) is 1.54. The Balaban J connectivity index is 0.000000671. The molecule has 0 aliphatic heterocycles. The summed E-state index contributed by atoms with van der Waals surface area (Å²) in [6.45, 7) is 5.93. The Hall–Kier alpha value is -0.570. The lowest BCUT2D eigenvalue weighted by Gasteiger charge is -2.05. The highest BCUT2D eigenvalue weighted by molar-refractivity contribution is 9.10. The number of benzene rings is 1. The van der Waals surface area contributed by atoms with Gasteiger partial charge >= 0.3 is 0 Å². The first-order valence-corrected chi connectivity index (χ1v) is 5.08. The van der Waals surface area contributed by atoms with E-state index in [4.69, 9.17) is 0 Å². The van der Waals surface area contributed by atoms with Crippen molar-refractivity contribution in [3.05, 3.63) is 28.0 Å². The SMILES string of the molecule is CC.CNc1cc(F)c(Br)cc1C. The zero-order valence-corrected chi connectivity index (χ0v) is 10.00. The normalized spacial score (nSPS) is 8.77. The first-order valence-electron chi connectivity index (χ1n) is 4.28. The molecule has 0 bridgehead atoms. The van der Waals surface area contributed by atoms with Crippen LogP contribution in [0.1, 0.15) is 19.4 Å². The zero-order valence-electron chi connectivity index (χ0n) is 8.41. The van der Waals surface area contributed by atoms with Gasteiger partial charge in [-0.15, -0.1) is 0 Å². The molecule has 13 heavy (non-hydrogen) atoms. The van der Waals surface area contributed by atoms with Gasteiger partial charge in [-0.2, -0.15) is 0 Å². The van der Waals surface area contributed by atoms with Crippen LogP contribution in [-0.2, 0) is 0 Å². The average Bonchev–Trinajstić information content (AvgIpc) is 2.15. The molecule has 0 saturated carbocycles. The lowest BCUT2D eigenvalue weighted by molar-refractivity contribution is 0.621. The second-order valence-corrected chi connectivity index (χ2v) is 3.19. The molecule has 0 aliphatic carbocycles. The zero-order chi connectivity index (χ0) is 10.4. The van der Waals surface area contributed by atoms with Crippen molar-refractivity contribution in [3.8, 4) is 0 Å². The van der Waals surface area contributed by atoms with Gasteiger partial charge < -0.3 is 5.32 Å². The highest BCUT2D eigenvalue weighted by Crippen LogP contribution is 2.23. The standard InChI is InChI=1S/C8H9BrFN.C2H6/c1-5-3-6(9)7(10)4-8(5)11-2;1-2/h3-4,11H,1-2H3;1-2H3. The van der Waals surface area contributed by atoms with E-state index in [9.17, 15) is 4.39 Å². The number of aryl methyl sites for hydroxylation is 1. The van der Waals surface area contributed by atoms with Gasteiger partial charge in [-0.05, 0) is 40.5 Å². The Morgan fingerprint density at radius 3 is 2.31 bits per heavy atom. The van der Waals surface area contributed by atoms with Crippen molar-refractivity contribution >= 4 is 21.6 Å². The fourth-order valence-electron chi connectivity index (χ4n) is 0.916. The fourth-order valence-corrected chi connectivity index (χ4v) is 1.37. The summed E-state index contributed by atoms with van der Waals surface area (Å²) >= 11 is 3.11. The lowest BCUT2D eigenvalue weighted by atomic mass is 10.2. The summed E-state index contributed by atoms with van der Waals surface area (Å²) in [4.78, 5) is 0. The van der Waals surface area contributed by atoms with E-state index in [1.165, 1.54) is 6.07 Å². The third-order valence-corrected chi connectivity index (χ3v) is 2.14. The molecule has 1 rings (SSSR count). The van der Waals surface area contributed by atoms with Crippen LogP contribution in [0.4, 0.5) is 10.1 Å². The molecule has 1 aromatic rings. The van der Waals surface area contributed by atoms with Crippen LogP contribution in [0.25, 0.3) is 0 Å². The van der Waals surface area contributed by atoms with Gasteiger partial charge in [-0.25, -0.2) is 4.39 Å². The lowest BCUT2D eigenvalue weighted by Crippen LogP contribution is -1.92. The molecule has 0 amide bonds. The highest BCUT2D eigenvalue weighted by Gasteiger charge is 2.02. The molecule has 0 saturated heterocycles. The van der Waals surface area contributed by atoms with Crippen molar-refractivity contribution in [1.29, 1.82) is 0 Å².